The molecule has 13 heteroatoms. The Morgan fingerprint density at radius 3 is 2.53 bits per heavy atom. The number of ether oxygens (including phenoxy) is 1. The number of hydrogen-bond acceptors (Lipinski definition) is 6. The van der Waals surface area contributed by atoms with Crippen LogP contribution in [-0.2, 0) is 9.53 Å². The molecule has 1 aromatic carbocycles. The molecule has 0 aliphatic carbocycles. The van der Waals surface area contributed by atoms with E-state index in [9.17, 15) is 31.1 Å². The van der Waals surface area contributed by atoms with E-state index < -0.39 is 55.7 Å². The minimum absolute atomic E-state index is 0.0447. The van der Waals surface area contributed by atoms with Gasteiger partial charge in [-0.05, 0) is 31.2 Å². The molecule has 3 atom stereocenters. The summed E-state index contributed by atoms with van der Waals surface area (Å²) in [4.78, 5) is 13.6. The molecule has 7 nitrogen and oxygen atoms in total. The molecule has 0 bridgehead atoms. The minimum atomic E-state index is -4.87. The molecule has 1 aliphatic heterocycles. The number of anilines is 1. The van der Waals surface area contributed by atoms with Crippen molar-refractivity contribution in [1.29, 1.82) is 0 Å². The van der Waals surface area contributed by atoms with E-state index in [-0.39, 0.29) is 11.9 Å². The van der Waals surface area contributed by atoms with E-state index in [2.05, 4.69) is 20.3 Å². The van der Waals surface area contributed by atoms with E-state index in [4.69, 9.17) is 4.42 Å². The van der Waals surface area contributed by atoms with Crippen LogP contribution in [0.5, 0.6) is 0 Å². The molecule has 2 heterocycles. The first-order chi connectivity index (χ1) is 14.0. The second-order valence-electron chi connectivity index (χ2n) is 6.58. The maximum Gasteiger partial charge on any atom is 0.522 e. The second kappa shape index (κ2) is 8.50. The van der Waals surface area contributed by atoms with Gasteiger partial charge in [-0.1, -0.05) is 5.10 Å². The zero-order valence-electron chi connectivity index (χ0n) is 15.4. The van der Waals surface area contributed by atoms with Gasteiger partial charge in [-0.25, -0.2) is 13.2 Å². The van der Waals surface area contributed by atoms with E-state index in [0.29, 0.717) is 5.56 Å². The van der Waals surface area contributed by atoms with Crippen LogP contribution in [0.3, 0.4) is 0 Å². The van der Waals surface area contributed by atoms with E-state index in [1.54, 1.807) is 0 Å². The van der Waals surface area contributed by atoms with Gasteiger partial charge < -0.3 is 14.6 Å². The zero-order valence-corrected chi connectivity index (χ0v) is 15.4. The van der Waals surface area contributed by atoms with Crippen LogP contribution >= 0.6 is 0 Å². The summed E-state index contributed by atoms with van der Waals surface area (Å²) in [6.45, 7) is 0.919. The van der Waals surface area contributed by atoms with Crippen LogP contribution in [0.25, 0.3) is 11.5 Å². The fourth-order valence-electron chi connectivity index (χ4n) is 2.91. The Bertz CT molecular complexity index is 873. The highest BCUT2D eigenvalue weighted by atomic mass is 19.4. The van der Waals surface area contributed by atoms with Gasteiger partial charge in [0.15, 0.2) is 0 Å². The molecule has 0 unspecified atom stereocenters. The summed E-state index contributed by atoms with van der Waals surface area (Å²) in [6.07, 6.45) is -9.96. The summed E-state index contributed by atoms with van der Waals surface area (Å²) < 4.78 is 85.0. The topological polar surface area (TPSA) is 80.5 Å². The summed E-state index contributed by atoms with van der Waals surface area (Å²) in [5, 5.41) is 9.71. The molecule has 1 N–H and O–H groups in total. The molecular formula is C17H16F6N4O3. The van der Waals surface area contributed by atoms with Gasteiger partial charge in [0, 0.05) is 18.5 Å². The molecule has 1 saturated heterocycles. The summed E-state index contributed by atoms with van der Waals surface area (Å²) in [7, 11) is 0. The Labute approximate surface area is 166 Å². The van der Waals surface area contributed by atoms with Crippen molar-refractivity contribution in [2.45, 2.75) is 44.3 Å². The molecule has 0 radical (unpaired) electrons. The van der Waals surface area contributed by atoms with Crippen molar-refractivity contribution in [3.63, 3.8) is 0 Å². The molecule has 2 aromatic rings. The molecule has 0 saturated carbocycles. The molecular weight excluding hydrogens is 422 g/mol. The molecule has 1 aliphatic rings. The number of carbonyl (C=O) groups is 1. The predicted molar refractivity (Wildman–Crippen MR) is 89.8 cm³/mol. The number of alkyl halides is 5. The summed E-state index contributed by atoms with van der Waals surface area (Å²) in [5.74, 6) is -1.39. The first kappa shape index (κ1) is 21.9. The van der Waals surface area contributed by atoms with Gasteiger partial charge in [0.1, 0.15) is 18.0 Å². The number of aromatic nitrogens is 2. The van der Waals surface area contributed by atoms with Gasteiger partial charge in [0.05, 0.1) is 6.04 Å². The lowest BCUT2D eigenvalue weighted by Gasteiger charge is -2.46. The monoisotopic (exact) mass is 438 g/mol. The highest BCUT2D eigenvalue weighted by Crippen LogP contribution is 2.30. The van der Waals surface area contributed by atoms with Gasteiger partial charge in [0.25, 0.3) is 0 Å². The van der Waals surface area contributed by atoms with Crippen LogP contribution in [-0.4, -0.2) is 58.5 Å². The lowest BCUT2D eigenvalue weighted by molar-refractivity contribution is -0.359. The minimum Gasteiger partial charge on any atom is -0.403 e. The van der Waals surface area contributed by atoms with Crippen molar-refractivity contribution in [1.82, 2.24) is 15.1 Å². The molecule has 0 spiro atoms. The number of nitrogens with one attached hydrogen (secondary N) is 1. The van der Waals surface area contributed by atoms with Crippen LogP contribution in [0.1, 0.15) is 13.3 Å². The van der Waals surface area contributed by atoms with Crippen molar-refractivity contribution >= 4 is 11.9 Å². The van der Waals surface area contributed by atoms with Crippen molar-refractivity contribution < 1.29 is 40.3 Å². The van der Waals surface area contributed by atoms with E-state index >= 15 is 0 Å². The highest BCUT2D eigenvalue weighted by Gasteiger charge is 2.47. The Morgan fingerprint density at radius 2 is 1.97 bits per heavy atom. The molecule has 1 fully saturated rings. The van der Waals surface area contributed by atoms with Crippen molar-refractivity contribution in [3.8, 4) is 11.5 Å². The maximum atomic E-state index is 13.0. The largest absolute Gasteiger partial charge is 0.522 e. The van der Waals surface area contributed by atoms with Crippen LogP contribution in [0.2, 0.25) is 0 Å². The van der Waals surface area contributed by atoms with Gasteiger partial charge in [-0.2, -0.15) is 0 Å². The number of rotatable bonds is 7. The third-order valence-corrected chi connectivity index (χ3v) is 4.50. The normalized spacial score (nSPS) is 20.2. The number of halogens is 6. The third-order valence-electron chi connectivity index (χ3n) is 4.50. The number of nitrogens with zero attached hydrogens (tertiary/aromatic N) is 3. The number of benzene rings is 1. The van der Waals surface area contributed by atoms with E-state index in [0.717, 1.165) is 17.0 Å². The second-order valence-corrected chi connectivity index (χ2v) is 6.58. The van der Waals surface area contributed by atoms with Gasteiger partial charge in [-0.3, -0.25) is 9.53 Å². The molecule has 164 valence electrons. The quantitative estimate of drug-likeness (QED) is 0.668. The van der Waals surface area contributed by atoms with Gasteiger partial charge in [0.2, 0.25) is 18.2 Å². The lowest BCUT2D eigenvalue weighted by atomic mass is 9.98. The summed E-state index contributed by atoms with van der Waals surface area (Å²) >= 11 is 0. The van der Waals surface area contributed by atoms with E-state index in [1.165, 1.54) is 19.1 Å². The molecule has 1 aromatic heterocycles. The van der Waals surface area contributed by atoms with Crippen LogP contribution in [0.4, 0.5) is 32.4 Å². The van der Waals surface area contributed by atoms with E-state index in [1.807, 2.05) is 0 Å². The number of amides is 1. The SMILES string of the molecule is C[C@H]1[C@H](OC(F)(F)F)CN1C(=O)[C@H](CC(F)F)Nc1nnc(-c2ccc(F)cc2)o1. The average molecular weight is 438 g/mol. The summed E-state index contributed by atoms with van der Waals surface area (Å²) in [5.41, 5.74) is 0.359. The van der Waals surface area contributed by atoms with Crippen LogP contribution < -0.4 is 5.32 Å². The zero-order chi connectivity index (χ0) is 22.1. The van der Waals surface area contributed by atoms with Crippen molar-refractivity contribution in [2.24, 2.45) is 0 Å². The Morgan fingerprint density at radius 1 is 1.30 bits per heavy atom. The first-order valence-electron chi connectivity index (χ1n) is 8.72. The molecule has 3 rings (SSSR count). The van der Waals surface area contributed by atoms with Crippen LogP contribution in [0.15, 0.2) is 28.7 Å². The van der Waals surface area contributed by atoms with Crippen LogP contribution in [0, 0.1) is 5.82 Å². The number of hydrogen-bond donors (Lipinski definition) is 1. The fourth-order valence-corrected chi connectivity index (χ4v) is 2.91. The lowest BCUT2D eigenvalue weighted by Crippen LogP contribution is -2.65. The first-order valence-corrected chi connectivity index (χ1v) is 8.72. The molecule has 30 heavy (non-hydrogen) atoms. The van der Waals surface area contributed by atoms with Gasteiger partial charge >= 0.3 is 12.4 Å². The predicted octanol–water partition coefficient (Wildman–Crippen LogP) is 3.45. The Kier molecular flexibility index (Phi) is 6.19. The average Bonchev–Trinajstić information content (AvgIpc) is 3.11. The van der Waals surface area contributed by atoms with Crippen molar-refractivity contribution in [2.75, 3.05) is 11.9 Å². The highest BCUT2D eigenvalue weighted by molar-refractivity contribution is 5.85. The standard InChI is InChI=1S/C17H16F6N4O3/c1-8-12(30-17(21,22)23)7-27(8)15(28)11(6-13(19)20)24-16-26-25-14(29-16)9-2-4-10(18)5-3-9/h2-5,8,11-13H,6-7H2,1H3,(H,24,26)/t8-,11-,12+/m0/s1. The Hall–Kier alpha value is -2.83. The number of carbonyl (C=O) groups excluding carboxylic acids is 1. The Balaban J connectivity index is 1.68. The summed E-state index contributed by atoms with van der Waals surface area (Å²) in [6, 6.07) is 2.21. The maximum absolute atomic E-state index is 13.0. The molecule has 1 amide bonds. The fraction of sp³-hybridized carbons (Fsp3) is 0.471. The third kappa shape index (κ3) is 5.20. The van der Waals surface area contributed by atoms with Crippen molar-refractivity contribution in [3.05, 3.63) is 30.1 Å². The number of likely N-dealkylation sites (tertiary alicyclic amines) is 1. The smallest absolute Gasteiger partial charge is 0.403 e. The van der Waals surface area contributed by atoms with Gasteiger partial charge in [-0.15, -0.1) is 18.3 Å².